The van der Waals surface area contributed by atoms with Crippen LogP contribution in [0, 0.1) is 0 Å². The van der Waals surface area contributed by atoms with Crippen molar-refractivity contribution in [1.29, 1.82) is 0 Å². The van der Waals surface area contributed by atoms with Crippen molar-refractivity contribution in [2.45, 2.75) is 25.6 Å². The molecule has 1 unspecified atom stereocenters. The zero-order chi connectivity index (χ0) is 15.3. The lowest BCUT2D eigenvalue weighted by molar-refractivity contribution is -0.137. The monoisotopic (exact) mass is 291 g/mol. The van der Waals surface area contributed by atoms with Crippen molar-refractivity contribution < 1.29 is 23.0 Å². The number of hydrogen-bond acceptors (Lipinski definition) is 3. The van der Waals surface area contributed by atoms with E-state index in [2.05, 4.69) is 0 Å². The van der Waals surface area contributed by atoms with E-state index in [0.717, 1.165) is 12.1 Å². The highest BCUT2D eigenvalue weighted by atomic mass is 19.4. The Bertz CT molecular complexity index is 433. The van der Waals surface area contributed by atoms with Crippen LogP contribution in [0.2, 0.25) is 0 Å². The van der Waals surface area contributed by atoms with Gasteiger partial charge in [0.1, 0.15) is 5.75 Å². The molecule has 0 saturated carbocycles. The van der Waals surface area contributed by atoms with Crippen molar-refractivity contribution in [2.24, 2.45) is 0 Å². The molecule has 0 fully saturated rings. The van der Waals surface area contributed by atoms with Crippen LogP contribution < -0.4 is 4.74 Å². The van der Waals surface area contributed by atoms with E-state index in [1.165, 1.54) is 6.07 Å². The first-order chi connectivity index (χ1) is 9.31. The number of aliphatic hydroxyl groups excluding tert-OH is 1. The van der Waals surface area contributed by atoms with Gasteiger partial charge >= 0.3 is 6.18 Å². The molecular weight excluding hydrogens is 271 g/mol. The van der Waals surface area contributed by atoms with Gasteiger partial charge in [0.05, 0.1) is 12.2 Å². The summed E-state index contributed by atoms with van der Waals surface area (Å²) in [6, 6.07) is 3.13. The van der Waals surface area contributed by atoms with Crippen molar-refractivity contribution in [3.05, 3.63) is 29.3 Å². The summed E-state index contributed by atoms with van der Waals surface area (Å²) in [5.41, 5.74) is -0.263. The summed E-state index contributed by atoms with van der Waals surface area (Å²) in [5.74, 6) is 0.424. The Balaban J connectivity index is 3.29. The molecule has 0 aromatic heterocycles. The summed E-state index contributed by atoms with van der Waals surface area (Å²) in [4.78, 5) is 1.77. The maximum absolute atomic E-state index is 12.8. The number of rotatable bonds is 6. The lowest BCUT2D eigenvalue weighted by Gasteiger charge is -2.26. The van der Waals surface area contributed by atoms with Crippen LogP contribution in [-0.4, -0.2) is 37.3 Å². The van der Waals surface area contributed by atoms with E-state index < -0.39 is 11.7 Å². The molecule has 20 heavy (non-hydrogen) atoms. The minimum Gasteiger partial charge on any atom is -0.494 e. The first-order valence-corrected chi connectivity index (χ1v) is 6.42. The van der Waals surface area contributed by atoms with Crippen molar-refractivity contribution in [3.8, 4) is 5.75 Å². The first kappa shape index (κ1) is 16.8. The molecule has 6 heteroatoms. The van der Waals surface area contributed by atoms with E-state index in [0.29, 0.717) is 24.3 Å². The van der Waals surface area contributed by atoms with Gasteiger partial charge in [0, 0.05) is 18.2 Å². The minimum atomic E-state index is -4.39. The number of nitrogens with zero attached hydrogens (tertiary/aromatic N) is 1. The Labute approximate surface area is 117 Å². The molecule has 114 valence electrons. The number of benzene rings is 1. The van der Waals surface area contributed by atoms with Crippen LogP contribution in [0.4, 0.5) is 13.2 Å². The molecule has 0 saturated heterocycles. The predicted octanol–water partition coefficient (Wildman–Crippen LogP) is 3.09. The van der Waals surface area contributed by atoms with Gasteiger partial charge in [0.25, 0.3) is 0 Å². The van der Waals surface area contributed by atoms with Crippen LogP contribution in [0.25, 0.3) is 0 Å². The van der Waals surface area contributed by atoms with E-state index in [4.69, 9.17) is 9.84 Å². The van der Waals surface area contributed by atoms with Gasteiger partial charge in [-0.25, -0.2) is 0 Å². The van der Waals surface area contributed by atoms with E-state index >= 15 is 0 Å². The fraction of sp³-hybridized carbons (Fsp3) is 0.571. The van der Waals surface area contributed by atoms with Crippen LogP contribution in [-0.2, 0) is 6.18 Å². The molecule has 1 rings (SSSR count). The molecule has 0 aliphatic heterocycles. The topological polar surface area (TPSA) is 32.7 Å². The molecule has 3 nitrogen and oxygen atoms in total. The summed E-state index contributed by atoms with van der Waals surface area (Å²) in [6.07, 6.45) is -4.05. The quantitative estimate of drug-likeness (QED) is 0.874. The number of aliphatic hydroxyl groups is 1. The molecule has 0 aliphatic carbocycles. The molecule has 0 radical (unpaired) electrons. The number of ether oxygens (including phenoxy) is 1. The first-order valence-electron chi connectivity index (χ1n) is 6.42. The maximum atomic E-state index is 12.8. The maximum Gasteiger partial charge on any atom is 0.416 e. The molecule has 1 atom stereocenters. The smallest absolute Gasteiger partial charge is 0.416 e. The van der Waals surface area contributed by atoms with Gasteiger partial charge in [-0.1, -0.05) is 0 Å². The zero-order valence-corrected chi connectivity index (χ0v) is 11.9. The van der Waals surface area contributed by atoms with E-state index in [1.54, 1.807) is 25.9 Å². The van der Waals surface area contributed by atoms with E-state index in [-0.39, 0.29) is 12.6 Å². The molecule has 1 N–H and O–H groups in total. The normalized spacial score (nSPS) is 13.6. The third-order valence-corrected chi connectivity index (χ3v) is 3.02. The summed E-state index contributed by atoms with van der Waals surface area (Å²) >= 11 is 0. The summed E-state index contributed by atoms with van der Waals surface area (Å²) < 4.78 is 43.9. The van der Waals surface area contributed by atoms with Crippen LogP contribution in [0.15, 0.2) is 18.2 Å². The van der Waals surface area contributed by atoms with Gasteiger partial charge in [-0.2, -0.15) is 13.2 Å². The number of halogens is 3. The van der Waals surface area contributed by atoms with Crippen molar-refractivity contribution in [1.82, 2.24) is 4.90 Å². The Morgan fingerprint density at radius 2 is 1.95 bits per heavy atom. The van der Waals surface area contributed by atoms with Crippen LogP contribution >= 0.6 is 0 Å². The average molecular weight is 291 g/mol. The highest BCUT2D eigenvalue weighted by Crippen LogP contribution is 2.37. The molecule has 0 aliphatic rings. The second-order valence-corrected chi connectivity index (χ2v) is 4.68. The van der Waals surface area contributed by atoms with Gasteiger partial charge in [-0.15, -0.1) is 0 Å². The number of hydrogen-bond donors (Lipinski definition) is 1. The second kappa shape index (κ2) is 6.95. The van der Waals surface area contributed by atoms with E-state index in [1.807, 2.05) is 0 Å². The van der Waals surface area contributed by atoms with Gasteiger partial charge in [0.2, 0.25) is 0 Å². The Kier molecular flexibility index (Phi) is 5.83. The van der Waals surface area contributed by atoms with Gasteiger partial charge in [-0.05, 0) is 45.6 Å². The Hall–Kier alpha value is -1.27. The molecule has 0 amide bonds. The molecule has 1 aromatic carbocycles. The van der Waals surface area contributed by atoms with Gasteiger partial charge in [0.15, 0.2) is 0 Å². The fourth-order valence-corrected chi connectivity index (χ4v) is 2.09. The molecule has 0 spiro atoms. The van der Waals surface area contributed by atoms with Crippen molar-refractivity contribution in [2.75, 3.05) is 27.3 Å². The zero-order valence-electron chi connectivity index (χ0n) is 11.9. The lowest BCUT2D eigenvalue weighted by atomic mass is 9.99. The highest BCUT2D eigenvalue weighted by Gasteiger charge is 2.32. The third-order valence-electron chi connectivity index (χ3n) is 3.02. The number of alkyl halides is 3. The molecule has 1 aromatic rings. The third kappa shape index (κ3) is 4.11. The fourth-order valence-electron chi connectivity index (χ4n) is 2.09. The average Bonchev–Trinajstić information content (AvgIpc) is 2.35. The SMILES string of the molecule is CCOc1ccc(C(F)(F)F)cc1C(CCO)N(C)C. The van der Waals surface area contributed by atoms with E-state index in [9.17, 15) is 13.2 Å². The summed E-state index contributed by atoms with van der Waals surface area (Å²) in [6.45, 7) is 2.04. The minimum absolute atomic E-state index is 0.106. The van der Waals surface area contributed by atoms with Crippen LogP contribution in [0.5, 0.6) is 5.75 Å². The standard InChI is InChI=1S/C14H20F3NO2/c1-4-20-13-6-5-10(14(15,16)17)9-11(13)12(7-8-19)18(2)3/h5-6,9,12,19H,4,7-8H2,1-3H3. The van der Waals surface area contributed by atoms with Crippen molar-refractivity contribution >= 4 is 0 Å². The second-order valence-electron chi connectivity index (χ2n) is 4.68. The lowest BCUT2D eigenvalue weighted by Crippen LogP contribution is -2.22. The van der Waals surface area contributed by atoms with Crippen LogP contribution in [0.3, 0.4) is 0 Å². The van der Waals surface area contributed by atoms with Crippen molar-refractivity contribution in [3.63, 3.8) is 0 Å². The Morgan fingerprint density at radius 1 is 1.30 bits per heavy atom. The van der Waals surface area contributed by atoms with Gasteiger partial charge in [-0.3, -0.25) is 0 Å². The summed E-state index contributed by atoms with van der Waals surface area (Å²) in [7, 11) is 3.52. The predicted molar refractivity (Wildman–Crippen MR) is 70.7 cm³/mol. The van der Waals surface area contributed by atoms with Crippen LogP contribution in [0.1, 0.15) is 30.5 Å². The molecule has 0 bridgehead atoms. The molecule has 0 heterocycles. The summed E-state index contributed by atoms with van der Waals surface area (Å²) in [5, 5.41) is 9.11. The highest BCUT2D eigenvalue weighted by molar-refractivity contribution is 5.40. The van der Waals surface area contributed by atoms with Gasteiger partial charge < -0.3 is 14.7 Å². The molecular formula is C14H20F3NO2. The largest absolute Gasteiger partial charge is 0.494 e. The Morgan fingerprint density at radius 3 is 2.40 bits per heavy atom.